The lowest BCUT2D eigenvalue weighted by atomic mass is 10.1. The van der Waals surface area contributed by atoms with E-state index in [1.165, 1.54) is 57.8 Å². The monoisotopic (exact) mass is 356 g/mol. The van der Waals surface area contributed by atoms with Gasteiger partial charge < -0.3 is 9.47 Å². The van der Waals surface area contributed by atoms with Crippen LogP contribution in [0.2, 0.25) is 0 Å². The Morgan fingerprint density at radius 2 is 0.840 bits per heavy atom. The van der Waals surface area contributed by atoms with Crippen molar-refractivity contribution in [1.82, 2.24) is 0 Å². The number of hydrogen-bond donors (Lipinski definition) is 0. The quantitative estimate of drug-likeness (QED) is 0.224. The van der Waals surface area contributed by atoms with E-state index in [4.69, 9.17) is 9.47 Å². The van der Waals surface area contributed by atoms with Crippen LogP contribution in [0.25, 0.3) is 0 Å². The van der Waals surface area contributed by atoms with Gasteiger partial charge in [-0.2, -0.15) is 0 Å². The largest absolute Gasteiger partial charge is 0.466 e. The molecule has 148 valence electrons. The normalized spacial score (nSPS) is 10.6. The van der Waals surface area contributed by atoms with Crippen LogP contribution in [-0.4, -0.2) is 25.2 Å². The molecular weight excluding hydrogens is 316 g/mol. The fourth-order valence-corrected chi connectivity index (χ4v) is 2.66. The van der Waals surface area contributed by atoms with Gasteiger partial charge in [0, 0.05) is 0 Å². The summed E-state index contributed by atoms with van der Waals surface area (Å²) in [5, 5.41) is 0. The molecule has 0 radical (unpaired) electrons. The molecule has 0 saturated heterocycles. The average Bonchev–Trinajstić information content (AvgIpc) is 2.61. The van der Waals surface area contributed by atoms with E-state index in [1.54, 1.807) is 0 Å². The Morgan fingerprint density at radius 1 is 0.520 bits per heavy atom. The van der Waals surface area contributed by atoms with Gasteiger partial charge in [0.25, 0.3) is 0 Å². The summed E-state index contributed by atoms with van der Waals surface area (Å²) >= 11 is 0. The minimum Gasteiger partial charge on any atom is -0.466 e. The molecule has 0 aliphatic heterocycles. The lowest BCUT2D eigenvalue weighted by Gasteiger charge is -2.06. The Morgan fingerprint density at radius 3 is 1.24 bits per heavy atom. The number of carbonyl (C=O) groups is 2. The summed E-state index contributed by atoms with van der Waals surface area (Å²) in [7, 11) is 0. The van der Waals surface area contributed by atoms with Crippen molar-refractivity contribution in [1.29, 1.82) is 0 Å². The van der Waals surface area contributed by atoms with E-state index in [0.717, 1.165) is 25.7 Å². The van der Waals surface area contributed by atoms with E-state index in [2.05, 4.69) is 13.8 Å². The zero-order valence-corrected chi connectivity index (χ0v) is 16.7. The molecular formula is C21H40O4. The molecule has 0 aromatic carbocycles. The molecule has 0 rings (SSSR count). The second kappa shape index (κ2) is 19.3. The van der Waals surface area contributed by atoms with Gasteiger partial charge in [0.15, 0.2) is 0 Å². The number of rotatable bonds is 18. The van der Waals surface area contributed by atoms with Crippen LogP contribution in [0.4, 0.5) is 0 Å². The third-order valence-electron chi connectivity index (χ3n) is 4.31. The van der Waals surface area contributed by atoms with Gasteiger partial charge in [-0.05, 0) is 12.8 Å². The lowest BCUT2D eigenvalue weighted by Crippen LogP contribution is -2.11. The summed E-state index contributed by atoms with van der Waals surface area (Å²) in [6, 6.07) is 0. The predicted molar refractivity (Wildman–Crippen MR) is 103 cm³/mol. The summed E-state index contributed by atoms with van der Waals surface area (Å²) in [5.41, 5.74) is 0. The fourth-order valence-electron chi connectivity index (χ4n) is 2.66. The Balaban J connectivity index is 3.31. The van der Waals surface area contributed by atoms with Crippen LogP contribution in [-0.2, 0) is 19.1 Å². The van der Waals surface area contributed by atoms with Crippen molar-refractivity contribution in [2.45, 2.75) is 110 Å². The topological polar surface area (TPSA) is 52.6 Å². The van der Waals surface area contributed by atoms with E-state index in [-0.39, 0.29) is 24.8 Å². The Hall–Kier alpha value is -1.06. The van der Waals surface area contributed by atoms with Crippen LogP contribution in [0.5, 0.6) is 0 Å². The molecule has 4 heteroatoms. The minimum atomic E-state index is -0.295. The standard InChI is InChI=1S/C21H40O4/c1-3-5-7-9-10-11-12-13-15-19-25-21(23)17-16-20(22)24-18-14-8-6-4-2/h3-19H2,1-2H3. The molecule has 0 unspecified atom stereocenters. The Bertz CT molecular complexity index is 315. The smallest absolute Gasteiger partial charge is 0.306 e. The molecule has 0 amide bonds. The SMILES string of the molecule is CCCCCCCCCCCOC(=O)CCC(=O)OCCCCCC. The second-order valence-corrected chi connectivity index (χ2v) is 6.83. The summed E-state index contributed by atoms with van der Waals surface area (Å²) in [6.45, 7) is 5.32. The van der Waals surface area contributed by atoms with E-state index in [9.17, 15) is 9.59 Å². The lowest BCUT2D eigenvalue weighted by molar-refractivity contribution is -0.150. The highest BCUT2D eigenvalue weighted by Crippen LogP contribution is 2.09. The molecule has 0 heterocycles. The van der Waals surface area contributed by atoms with Gasteiger partial charge in [-0.1, -0.05) is 84.5 Å². The highest BCUT2D eigenvalue weighted by Gasteiger charge is 2.08. The van der Waals surface area contributed by atoms with Gasteiger partial charge in [-0.25, -0.2) is 0 Å². The maximum atomic E-state index is 11.6. The predicted octanol–water partition coefficient (Wildman–Crippen LogP) is 5.96. The van der Waals surface area contributed by atoms with E-state index >= 15 is 0 Å². The number of esters is 2. The van der Waals surface area contributed by atoms with Crippen molar-refractivity contribution >= 4 is 11.9 Å². The number of hydrogen-bond acceptors (Lipinski definition) is 4. The van der Waals surface area contributed by atoms with Crippen LogP contribution >= 0.6 is 0 Å². The first-order valence-corrected chi connectivity index (χ1v) is 10.5. The third kappa shape index (κ3) is 19.1. The highest BCUT2D eigenvalue weighted by molar-refractivity contribution is 5.77. The van der Waals surface area contributed by atoms with Crippen LogP contribution in [0, 0.1) is 0 Å². The molecule has 0 aromatic heterocycles. The summed E-state index contributed by atoms with van der Waals surface area (Å²) in [4.78, 5) is 23.1. The first-order chi connectivity index (χ1) is 12.2. The first-order valence-electron chi connectivity index (χ1n) is 10.5. The van der Waals surface area contributed by atoms with Gasteiger partial charge in [0.05, 0.1) is 26.1 Å². The molecule has 0 atom stereocenters. The second-order valence-electron chi connectivity index (χ2n) is 6.83. The number of unbranched alkanes of at least 4 members (excludes halogenated alkanes) is 11. The fraction of sp³-hybridized carbons (Fsp3) is 0.905. The van der Waals surface area contributed by atoms with Crippen LogP contribution < -0.4 is 0 Å². The minimum absolute atomic E-state index is 0.129. The zero-order chi connectivity index (χ0) is 18.6. The van der Waals surface area contributed by atoms with Crippen LogP contribution in [0.3, 0.4) is 0 Å². The van der Waals surface area contributed by atoms with Crippen LogP contribution in [0.1, 0.15) is 110 Å². The summed E-state index contributed by atoms with van der Waals surface area (Å²) in [6.07, 6.45) is 15.8. The molecule has 0 N–H and O–H groups in total. The Labute approximate surface area is 155 Å². The molecule has 0 saturated carbocycles. The van der Waals surface area contributed by atoms with Gasteiger partial charge >= 0.3 is 11.9 Å². The zero-order valence-electron chi connectivity index (χ0n) is 16.7. The molecule has 0 aliphatic rings. The average molecular weight is 357 g/mol. The first kappa shape index (κ1) is 23.9. The van der Waals surface area contributed by atoms with Crippen molar-refractivity contribution in [3.05, 3.63) is 0 Å². The number of carbonyl (C=O) groups excluding carboxylic acids is 2. The summed E-state index contributed by atoms with van der Waals surface area (Å²) < 4.78 is 10.3. The van der Waals surface area contributed by atoms with Crippen LogP contribution in [0.15, 0.2) is 0 Å². The Kier molecular flexibility index (Phi) is 18.5. The van der Waals surface area contributed by atoms with Crippen molar-refractivity contribution in [3.63, 3.8) is 0 Å². The molecule has 0 fully saturated rings. The summed E-state index contributed by atoms with van der Waals surface area (Å²) in [5.74, 6) is -0.584. The number of ether oxygens (including phenoxy) is 2. The van der Waals surface area contributed by atoms with Gasteiger partial charge in [-0.15, -0.1) is 0 Å². The molecule has 0 aromatic rings. The van der Waals surface area contributed by atoms with Gasteiger partial charge in [-0.3, -0.25) is 9.59 Å². The van der Waals surface area contributed by atoms with Gasteiger partial charge in [0.1, 0.15) is 0 Å². The maximum absolute atomic E-state index is 11.6. The van der Waals surface area contributed by atoms with Crippen molar-refractivity contribution in [2.24, 2.45) is 0 Å². The molecule has 0 aliphatic carbocycles. The van der Waals surface area contributed by atoms with E-state index < -0.39 is 0 Å². The molecule has 25 heavy (non-hydrogen) atoms. The highest BCUT2D eigenvalue weighted by atomic mass is 16.5. The van der Waals surface area contributed by atoms with Gasteiger partial charge in [0.2, 0.25) is 0 Å². The van der Waals surface area contributed by atoms with Crippen molar-refractivity contribution < 1.29 is 19.1 Å². The molecule has 0 bridgehead atoms. The maximum Gasteiger partial charge on any atom is 0.306 e. The van der Waals surface area contributed by atoms with Crippen molar-refractivity contribution in [3.8, 4) is 0 Å². The molecule has 0 spiro atoms. The van der Waals surface area contributed by atoms with E-state index in [0.29, 0.717) is 13.2 Å². The van der Waals surface area contributed by atoms with E-state index in [1.807, 2.05) is 0 Å². The molecule has 4 nitrogen and oxygen atoms in total. The third-order valence-corrected chi connectivity index (χ3v) is 4.31. The van der Waals surface area contributed by atoms with Crippen molar-refractivity contribution in [2.75, 3.05) is 13.2 Å².